The molecule has 1 aliphatic heterocycles. The number of nitrogens with zero attached hydrogens (tertiary/aromatic N) is 1. The summed E-state index contributed by atoms with van der Waals surface area (Å²) < 4.78 is 0. The van der Waals surface area contributed by atoms with Crippen molar-refractivity contribution in [2.75, 3.05) is 6.54 Å². The molecule has 0 aromatic rings. The van der Waals surface area contributed by atoms with E-state index in [1.165, 1.54) is 25.8 Å². The van der Waals surface area contributed by atoms with Gasteiger partial charge in [0.1, 0.15) is 0 Å². The van der Waals surface area contributed by atoms with Crippen LogP contribution in [0.2, 0.25) is 0 Å². The van der Waals surface area contributed by atoms with Crippen molar-refractivity contribution in [2.45, 2.75) is 51.6 Å². The van der Waals surface area contributed by atoms with Gasteiger partial charge in [0.2, 0.25) is 0 Å². The van der Waals surface area contributed by atoms with Crippen molar-refractivity contribution < 1.29 is 0 Å². The van der Waals surface area contributed by atoms with E-state index in [9.17, 15) is 0 Å². The van der Waals surface area contributed by atoms with Gasteiger partial charge in [-0.1, -0.05) is 13.0 Å². The maximum Gasteiger partial charge on any atom is 0.0945 e. The van der Waals surface area contributed by atoms with E-state index in [0.717, 1.165) is 11.7 Å². The van der Waals surface area contributed by atoms with E-state index in [1.54, 1.807) is 0 Å². The lowest BCUT2D eigenvalue weighted by atomic mass is 9.96. The van der Waals surface area contributed by atoms with Crippen molar-refractivity contribution in [3.05, 3.63) is 12.4 Å². The van der Waals surface area contributed by atoms with Crippen LogP contribution in [0.4, 0.5) is 0 Å². The van der Waals surface area contributed by atoms with Crippen LogP contribution in [0.1, 0.15) is 40.0 Å². The van der Waals surface area contributed by atoms with E-state index in [2.05, 4.69) is 37.6 Å². The normalized spacial score (nSPS) is 32.8. The maximum atomic E-state index is 4.14. The highest BCUT2D eigenvalue weighted by molar-refractivity contribution is 5.07. The van der Waals surface area contributed by atoms with Crippen LogP contribution < -0.4 is 5.32 Å². The average molecular weight is 194 g/mol. The van der Waals surface area contributed by atoms with E-state index in [-0.39, 0.29) is 5.54 Å². The minimum Gasteiger partial charge on any atom is -0.369 e. The Labute approximate surface area is 87.4 Å². The van der Waals surface area contributed by atoms with E-state index >= 15 is 0 Å². The SMILES string of the molecule is C=C1NC2CCCC2CN1C(C)(C)C. The first kappa shape index (κ1) is 9.88. The fourth-order valence-electron chi connectivity index (χ4n) is 2.76. The van der Waals surface area contributed by atoms with Crippen molar-refractivity contribution in [2.24, 2.45) is 5.92 Å². The molecule has 2 atom stereocenters. The quantitative estimate of drug-likeness (QED) is 0.636. The summed E-state index contributed by atoms with van der Waals surface area (Å²) in [6, 6.07) is 0.709. The second-order valence-corrected chi connectivity index (χ2v) is 5.67. The summed E-state index contributed by atoms with van der Waals surface area (Å²) in [5.74, 6) is 1.97. The van der Waals surface area contributed by atoms with Gasteiger partial charge in [-0.15, -0.1) is 0 Å². The molecule has 0 radical (unpaired) electrons. The van der Waals surface area contributed by atoms with Crippen LogP contribution in [-0.2, 0) is 0 Å². The molecule has 0 aromatic heterocycles. The van der Waals surface area contributed by atoms with Crippen LogP contribution >= 0.6 is 0 Å². The molecule has 1 saturated heterocycles. The molecule has 80 valence electrons. The third kappa shape index (κ3) is 1.62. The van der Waals surface area contributed by atoms with Crippen LogP contribution in [0.5, 0.6) is 0 Å². The molecule has 1 saturated carbocycles. The Hall–Kier alpha value is -0.660. The maximum absolute atomic E-state index is 4.14. The first-order valence-electron chi connectivity index (χ1n) is 5.71. The van der Waals surface area contributed by atoms with Crippen LogP contribution in [0, 0.1) is 5.92 Å². The summed E-state index contributed by atoms with van der Waals surface area (Å²) in [5.41, 5.74) is 0.206. The van der Waals surface area contributed by atoms with E-state index in [0.29, 0.717) is 6.04 Å². The number of hydrogen-bond donors (Lipinski definition) is 1. The molecule has 0 amide bonds. The fourth-order valence-corrected chi connectivity index (χ4v) is 2.76. The summed E-state index contributed by atoms with van der Waals surface area (Å²) in [7, 11) is 0. The molecule has 0 spiro atoms. The second-order valence-electron chi connectivity index (χ2n) is 5.67. The molecule has 2 nitrogen and oxygen atoms in total. The van der Waals surface area contributed by atoms with E-state index in [1.807, 2.05) is 0 Å². The zero-order valence-electron chi connectivity index (χ0n) is 9.64. The highest BCUT2D eigenvalue weighted by atomic mass is 15.3. The number of fused-ring (bicyclic) bond motifs is 1. The summed E-state index contributed by atoms with van der Waals surface area (Å²) in [6.45, 7) is 12.1. The van der Waals surface area contributed by atoms with Gasteiger partial charge in [-0.05, 0) is 39.5 Å². The van der Waals surface area contributed by atoms with Gasteiger partial charge in [0.25, 0.3) is 0 Å². The van der Waals surface area contributed by atoms with Gasteiger partial charge < -0.3 is 10.2 Å². The Balaban J connectivity index is 2.10. The number of hydrogen-bond acceptors (Lipinski definition) is 2. The molecule has 2 heteroatoms. The summed E-state index contributed by atoms with van der Waals surface area (Å²) in [4.78, 5) is 2.42. The fraction of sp³-hybridized carbons (Fsp3) is 0.833. The Bertz CT molecular complexity index is 239. The lowest BCUT2D eigenvalue weighted by Gasteiger charge is -2.46. The van der Waals surface area contributed by atoms with Crippen LogP contribution in [0.3, 0.4) is 0 Å². The first-order valence-corrected chi connectivity index (χ1v) is 5.71. The van der Waals surface area contributed by atoms with Gasteiger partial charge in [-0.3, -0.25) is 0 Å². The van der Waals surface area contributed by atoms with Crippen molar-refractivity contribution in [3.63, 3.8) is 0 Å². The van der Waals surface area contributed by atoms with Gasteiger partial charge in [0.05, 0.1) is 5.82 Å². The van der Waals surface area contributed by atoms with Crippen molar-refractivity contribution in [3.8, 4) is 0 Å². The molecular weight excluding hydrogens is 172 g/mol. The smallest absolute Gasteiger partial charge is 0.0945 e. The Kier molecular flexibility index (Phi) is 2.24. The zero-order chi connectivity index (χ0) is 10.3. The molecular formula is C12H22N2. The number of nitrogens with one attached hydrogen (secondary N) is 1. The van der Waals surface area contributed by atoms with Gasteiger partial charge in [0.15, 0.2) is 0 Å². The monoisotopic (exact) mass is 194 g/mol. The predicted octanol–water partition coefficient (Wildman–Crippen LogP) is 2.33. The van der Waals surface area contributed by atoms with Gasteiger partial charge >= 0.3 is 0 Å². The average Bonchev–Trinajstić information content (AvgIpc) is 2.47. The Morgan fingerprint density at radius 3 is 2.71 bits per heavy atom. The molecule has 2 aliphatic rings. The lowest BCUT2D eigenvalue weighted by Crippen LogP contribution is -2.55. The second kappa shape index (κ2) is 3.18. The highest BCUT2D eigenvalue weighted by Crippen LogP contribution is 2.34. The van der Waals surface area contributed by atoms with Crippen molar-refractivity contribution >= 4 is 0 Å². The summed E-state index contributed by atoms with van der Waals surface area (Å²) >= 11 is 0. The van der Waals surface area contributed by atoms with E-state index < -0.39 is 0 Å². The van der Waals surface area contributed by atoms with Crippen LogP contribution in [-0.4, -0.2) is 23.0 Å². The topological polar surface area (TPSA) is 15.3 Å². The lowest BCUT2D eigenvalue weighted by molar-refractivity contribution is 0.105. The molecule has 1 heterocycles. The summed E-state index contributed by atoms with van der Waals surface area (Å²) in [6.07, 6.45) is 4.10. The minimum atomic E-state index is 0.206. The number of rotatable bonds is 0. The molecule has 2 fully saturated rings. The molecule has 14 heavy (non-hydrogen) atoms. The van der Waals surface area contributed by atoms with E-state index in [4.69, 9.17) is 0 Å². The van der Waals surface area contributed by atoms with Crippen molar-refractivity contribution in [1.29, 1.82) is 0 Å². The van der Waals surface area contributed by atoms with Crippen LogP contribution in [0.15, 0.2) is 12.4 Å². The zero-order valence-corrected chi connectivity index (χ0v) is 9.64. The molecule has 0 bridgehead atoms. The standard InChI is InChI=1S/C12H22N2/c1-9-13-11-7-5-6-10(11)8-14(9)12(2,3)4/h10-11,13H,1,5-8H2,2-4H3. The van der Waals surface area contributed by atoms with Gasteiger partial charge in [0, 0.05) is 18.1 Å². The summed E-state index contributed by atoms with van der Waals surface area (Å²) in [5, 5.41) is 3.57. The van der Waals surface area contributed by atoms with Gasteiger partial charge in [-0.25, -0.2) is 0 Å². The molecule has 1 aliphatic carbocycles. The Morgan fingerprint density at radius 2 is 2.07 bits per heavy atom. The highest BCUT2D eigenvalue weighted by Gasteiger charge is 2.37. The molecule has 2 unspecified atom stereocenters. The largest absolute Gasteiger partial charge is 0.369 e. The van der Waals surface area contributed by atoms with Crippen LogP contribution in [0.25, 0.3) is 0 Å². The van der Waals surface area contributed by atoms with Crippen molar-refractivity contribution in [1.82, 2.24) is 10.2 Å². The first-order chi connectivity index (χ1) is 6.48. The molecule has 2 rings (SSSR count). The Morgan fingerprint density at radius 1 is 1.36 bits per heavy atom. The molecule has 0 aromatic carbocycles. The third-order valence-electron chi connectivity index (χ3n) is 3.56. The predicted molar refractivity (Wildman–Crippen MR) is 59.9 cm³/mol. The third-order valence-corrected chi connectivity index (χ3v) is 3.56. The minimum absolute atomic E-state index is 0.206. The van der Waals surface area contributed by atoms with Gasteiger partial charge in [-0.2, -0.15) is 0 Å². The molecule has 1 N–H and O–H groups in total.